The molecule has 1 amide bonds. The third-order valence-electron chi connectivity index (χ3n) is 5.10. The van der Waals surface area contributed by atoms with Gasteiger partial charge in [-0.25, -0.2) is 9.78 Å². The topological polar surface area (TPSA) is 68.3 Å². The van der Waals surface area contributed by atoms with Gasteiger partial charge in [0.2, 0.25) is 5.91 Å². The number of pyridine rings is 1. The van der Waals surface area contributed by atoms with Crippen molar-refractivity contribution in [3.05, 3.63) is 102 Å². The van der Waals surface area contributed by atoms with Gasteiger partial charge in [-0.1, -0.05) is 78.9 Å². The number of hydrogen-bond donors (Lipinski definition) is 1. The van der Waals surface area contributed by atoms with Gasteiger partial charge in [0, 0.05) is 10.9 Å². The second-order valence-electron chi connectivity index (χ2n) is 7.16. The van der Waals surface area contributed by atoms with Gasteiger partial charge < -0.3 is 10.1 Å². The molecule has 1 aromatic heterocycles. The molecule has 0 bridgehead atoms. The molecule has 0 aliphatic carbocycles. The first-order valence-electron chi connectivity index (χ1n) is 10.0. The summed E-state index contributed by atoms with van der Waals surface area (Å²) in [7, 11) is 1.31. The van der Waals surface area contributed by atoms with Gasteiger partial charge in [-0.15, -0.1) is 0 Å². The first-order valence-corrected chi connectivity index (χ1v) is 10.0. The van der Waals surface area contributed by atoms with Crippen molar-refractivity contribution in [2.45, 2.75) is 12.5 Å². The Morgan fingerprint density at radius 2 is 1.55 bits per heavy atom. The zero-order chi connectivity index (χ0) is 21.6. The molecule has 0 aliphatic heterocycles. The Hall–Kier alpha value is -3.99. The number of amides is 1. The van der Waals surface area contributed by atoms with Gasteiger partial charge in [-0.05, 0) is 23.3 Å². The highest BCUT2D eigenvalue weighted by atomic mass is 16.5. The van der Waals surface area contributed by atoms with E-state index in [1.807, 2.05) is 78.9 Å². The van der Waals surface area contributed by atoms with Gasteiger partial charge in [0.05, 0.1) is 24.7 Å². The fourth-order valence-corrected chi connectivity index (χ4v) is 3.58. The van der Waals surface area contributed by atoms with Gasteiger partial charge in [0.1, 0.15) is 0 Å². The maximum Gasteiger partial charge on any atom is 0.333 e. The molecule has 0 saturated heterocycles. The molecule has 0 fully saturated rings. The van der Waals surface area contributed by atoms with E-state index in [1.54, 1.807) is 12.1 Å². The molecule has 0 aliphatic rings. The summed E-state index contributed by atoms with van der Waals surface area (Å²) in [5, 5.41) is 3.73. The normalized spacial score (nSPS) is 11.6. The Bertz CT molecular complexity index is 1210. The van der Waals surface area contributed by atoms with E-state index in [4.69, 9.17) is 9.72 Å². The monoisotopic (exact) mass is 410 g/mol. The second kappa shape index (κ2) is 9.22. The second-order valence-corrected chi connectivity index (χ2v) is 7.16. The quantitative estimate of drug-likeness (QED) is 0.476. The van der Waals surface area contributed by atoms with Crippen molar-refractivity contribution in [3.63, 3.8) is 0 Å². The van der Waals surface area contributed by atoms with Crippen LogP contribution in [0.3, 0.4) is 0 Å². The lowest BCUT2D eigenvalue weighted by Crippen LogP contribution is -2.35. The van der Waals surface area contributed by atoms with Crippen LogP contribution in [-0.2, 0) is 20.7 Å². The van der Waals surface area contributed by atoms with Crippen LogP contribution in [0.2, 0.25) is 0 Å². The number of fused-ring (bicyclic) bond motifs is 1. The number of methoxy groups -OCH3 is 1. The minimum Gasteiger partial charge on any atom is -0.467 e. The highest BCUT2D eigenvalue weighted by molar-refractivity contribution is 5.92. The number of carbonyl (C=O) groups excluding carboxylic acids is 2. The molecule has 5 heteroatoms. The molecule has 5 nitrogen and oxygen atoms in total. The molecule has 4 rings (SSSR count). The van der Waals surface area contributed by atoms with Crippen LogP contribution in [-0.4, -0.2) is 24.0 Å². The molecule has 154 valence electrons. The van der Waals surface area contributed by atoms with Crippen molar-refractivity contribution in [1.29, 1.82) is 0 Å². The Morgan fingerprint density at radius 1 is 0.903 bits per heavy atom. The lowest BCUT2D eigenvalue weighted by molar-refractivity contribution is -0.145. The summed E-state index contributed by atoms with van der Waals surface area (Å²) in [5.74, 6) is -0.779. The van der Waals surface area contributed by atoms with Crippen molar-refractivity contribution in [3.8, 4) is 11.3 Å². The van der Waals surface area contributed by atoms with E-state index in [2.05, 4.69) is 5.32 Å². The van der Waals surface area contributed by atoms with E-state index in [0.717, 1.165) is 27.7 Å². The minimum atomic E-state index is -0.861. The van der Waals surface area contributed by atoms with E-state index in [0.29, 0.717) is 5.56 Å². The highest BCUT2D eigenvalue weighted by Gasteiger charge is 2.23. The maximum absolute atomic E-state index is 13.0. The van der Waals surface area contributed by atoms with Gasteiger partial charge in [-0.2, -0.15) is 0 Å². The predicted molar refractivity (Wildman–Crippen MR) is 120 cm³/mol. The van der Waals surface area contributed by atoms with Crippen LogP contribution in [0.25, 0.3) is 22.2 Å². The van der Waals surface area contributed by atoms with E-state index >= 15 is 0 Å². The molecule has 3 aromatic carbocycles. The number of carbonyl (C=O) groups is 2. The molecule has 0 saturated carbocycles. The molecule has 1 N–H and O–H groups in total. The Kier molecular flexibility index (Phi) is 6.03. The number of esters is 1. The van der Waals surface area contributed by atoms with Gasteiger partial charge >= 0.3 is 5.97 Å². The number of rotatable bonds is 6. The fraction of sp³-hybridized carbons (Fsp3) is 0.115. The van der Waals surface area contributed by atoms with Crippen LogP contribution in [0.15, 0.2) is 91.0 Å². The van der Waals surface area contributed by atoms with Crippen LogP contribution in [0, 0.1) is 0 Å². The third-order valence-corrected chi connectivity index (χ3v) is 5.10. The molecule has 1 heterocycles. The third kappa shape index (κ3) is 4.61. The summed E-state index contributed by atoms with van der Waals surface area (Å²) in [6.45, 7) is 0. The lowest BCUT2D eigenvalue weighted by Gasteiger charge is -2.17. The van der Waals surface area contributed by atoms with E-state index in [-0.39, 0.29) is 12.3 Å². The number of para-hydroxylation sites is 1. The van der Waals surface area contributed by atoms with Crippen molar-refractivity contribution >= 4 is 22.8 Å². The number of nitrogens with zero attached hydrogens (tertiary/aromatic N) is 1. The number of hydrogen-bond acceptors (Lipinski definition) is 4. The SMILES string of the molecule is COC(=O)[C@H](NC(=O)Cc1cc(-c2ccccc2)nc2ccccc12)c1ccccc1. The molecule has 1 atom stereocenters. The fourth-order valence-electron chi connectivity index (χ4n) is 3.58. The van der Waals surface area contributed by atoms with Crippen molar-refractivity contribution < 1.29 is 14.3 Å². The molecule has 31 heavy (non-hydrogen) atoms. The molecule has 4 aromatic rings. The zero-order valence-electron chi connectivity index (χ0n) is 17.1. The average molecular weight is 410 g/mol. The van der Waals surface area contributed by atoms with Gasteiger partial charge in [0.15, 0.2) is 6.04 Å². The summed E-state index contributed by atoms with van der Waals surface area (Å²) >= 11 is 0. The van der Waals surface area contributed by atoms with Crippen LogP contribution in [0.1, 0.15) is 17.2 Å². The maximum atomic E-state index is 13.0. The van der Waals surface area contributed by atoms with Crippen molar-refractivity contribution in [2.24, 2.45) is 0 Å². The number of benzene rings is 3. The summed E-state index contributed by atoms with van der Waals surface area (Å²) in [4.78, 5) is 30.0. The molecule has 0 radical (unpaired) electrons. The largest absolute Gasteiger partial charge is 0.467 e. The Balaban J connectivity index is 1.65. The number of nitrogens with one attached hydrogen (secondary N) is 1. The smallest absolute Gasteiger partial charge is 0.333 e. The van der Waals surface area contributed by atoms with E-state index in [9.17, 15) is 9.59 Å². The zero-order valence-corrected chi connectivity index (χ0v) is 17.1. The van der Waals surface area contributed by atoms with Crippen molar-refractivity contribution in [1.82, 2.24) is 10.3 Å². The van der Waals surface area contributed by atoms with Crippen LogP contribution >= 0.6 is 0 Å². The summed E-state index contributed by atoms with van der Waals surface area (Å²) in [6.07, 6.45) is 0.114. The van der Waals surface area contributed by atoms with Gasteiger partial charge in [0.25, 0.3) is 0 Å². The summed E-state index contributed by atoms with van der Waals surface area (Å²) < 4.78 is 4.90. The highest BCUT2D eigenvalue weighted by Crippen LogP contribution is 2.25. The van der Waals surface area contributed by atoms with Crippen molar-refractivity contribution in [2.75, 3.05) is 7.11 Å². The van der Waals surface area contributed by atoms with Gasteiger partial charge in [-0.3, -0.25) is 4.79 Å². The van der Waals surface area contributed by atoms with E-state index in [1.165, 1.54) is 7.11 Å². The predicted octanol–water partition coefficient (Wildman–Crippen LogP) is 4.47. The first kappa shape index (κ1) is 20.3. The molecule has 0 unspecified atom stereocenters. The Morgan fingerprint density at radius 3 is 2.26 bits per heavy atom. The number of aromatic nitrogens is 1. The minimum absolute atomic E-state index is 0.114. The van der Waals surface area contributed by atoms with E-state index < -0.39 is 12.0 Å². The first-order chi connectivity index (χ1) is 15.2. The number of ether oxygens (including phenoxy) is 1. The molecular weight excluding hydrogens is 388 g/mol. The molecular formula is C26H22N2O3. The van der Waals surface area contributed by atoms with Crippen LogP contribution in [0.5, 0.6) is 0 Å². The summed E-state index contributed by atoms with van der Waals surface area (Å²) in [6, 6.07) is 27.7. The van der Waals surface area contributed by atoms with Crippen LogP contribution in [0.4, 0.5) is 0 Å². The van der Waals surface area contributed by atoms with Crippen LogP contribution < -0.4 is 5.32 Å². The average Bonchev–Trinajstić information content (AvgIpc) is 2.83. The summed E-state index contributed by atoms with van der Waals surface area (Å²) in [5.41, 5.74) is 4.12. The Labute approximate surface area is 180 Å². The lowest BCUT2D eigenvalue weighted by atomic mass is 10.0. The molecule has 0 spiro atoms. The standard InChI is InChI=1S/C26H22N2O3/c1-31-26(30)25(19-12-6-3-7-13-19)28-24(29)17-20-16-23(18-10-4-2-5-11-18)27-22-15-9-8-14-21(20)22/h2-16,25H,17H2,1H3,(H,28,29)/t25-/m1/s1.